The Morgan fingerprint density at radius 2 is 1.85 bits per heavy atom. The zero-order valence-electron chi connectivity index (χ0n) is 23.4. The standard InChI is InChI=1S/C30H39N5O4/c1-20(2)16-22(21-10-7-6-8-11-21)18-31-27(36)24-12-9-14-35-26(24)17-25(33-35)28(37)34-15-13-23(19-34)32-29(38)39-30(3,4)5/h6-12,14,17,20,22-23H,13,15-16,18-19H2,1-5H3,(H,31,36)(H,32,38). The number of amides is 3. The fraction of sp³-hybridized carbons (Fsp3) is 0.467. The lowest BCUT2D eigenvalue weighted by atomic mass is 9.90. The summed E-state index contributed by atoms with van der Waals surface area (Å²) in [6, 6.07) is 15.2. The molecule has 3 heterocycles. The number of likely N-dealkylation sites (tertiary alicyclic amines) is 1. The van der Waals surface area contributed by atoms with Gasteiger partial charge < -0.3 is 20.3 Å². The fourth-order valence-electron chi connectivity index (χ4n) is 4.95. The summed E-state index contributed by atoms with van der Waals surface area (Å²) in [6.45, 7) is 11.2. The van der Waals surface area contributed by atoms with Gasteiger partial charge in [0.2, 0.25) is 0 Å². The van der Waals surface area contributed by atoms with Crippen LogP contribution < -0.4 is 10.6 Å². The minimum Gasteiger partial charge on any atom is -0.444 e. The number of benzene rings is 1. The van der Waals surface area contributed by atoms with Crippen LogP contribution in [-0.4, -0.2) is 63.7 Å². The Kier molecular flexibility index (Phi) is 8.57. The molecule has 2 unspecified atom stereocenters. The van der Waals surface area contributed by atoms with Crippen molar-refractivity contribution in [2.75, 3.05) is 19.6 Å². The van der Waals surface area contributed by atoms with Crippen molar-refractivity contribution >= 4 is 23.4 Å². The number of rotatable bonds is 8. The summed E-state index contributed by atoms with van der Waals surface area (Å²) in [6.07, 6.45) is 2.82. The second-order valence-corrected chi connectivity index (χ2v) is 11.6. The van der Waals surface area contributed by atoms with Crippen molar-refractivity contribution < 1.29 is 19.1 Å². The molecule has 0 bridgehead atoms. The molecule has 1 aliphatic rings. The number of alkyl carbamates (subject to hydrolysis) is 1. The summed E-state index contributed by atoms with van der Waals surface area (Å²) < 4.78 is 6.89. The van der Waals surface area contributed by atoms with Gasteiger partial charge in [0.15, 0.2) is 5.69 Å². The van der Waals surface area contributed by atoms with Gasteiger partial charge in [-0.3, -0.25) is 9.59 Å². The number of carbonyl (C=O) groups is 3. The van der Waals surface area contributed by atoms with E-state index in [0.29, 0.717) is 43.1 Å². The lowest BCUT2D eigenvalue weighted by molar-refractivity contribution is 0.0502. The Morgan fingerprint density at radius 3 is 2.54 bits per heavy atom. The molecule has 2 aromatic heterocycles. The summed E-state index contributed by atoms with van der Waals surface area (Å²) in [5.41, 5.74) is 1.91. The zero-order valence-corrected chi connectivity index (χ0v) is 23.4. The van der Waals surface area contributed by atoms with Crippen molar-refractivity contribution in [3.8, 4) is 0 Å². The molecule has 4 rings (SSSR count). The molecular formula is C30H39N5O4. The highest BCUT2D eigenvalue weighted by Crippen LogP contribution is 2.24. The average molecular weight is 534 g/mol. The van der Waals surface area contributed by atoms with Crippen LogP contribution in [0.25, 0.3) is 5.52 Å². The van der Waals surface area contributed by atoms with Crippen molar-refractivity contribution in [1.82, 2.24) is 25.1 Å². The first-order valence-electron chi connectivity index (χ1n) is 13.6. The van der Waals surface area contributed by atoms with Gasteiger partial charge in [0.25, 0.3) is 11.8 Å². The highest BCUT2D eigenvalue weighted by molar-refractivity contribution is 6.02. The Bertz CT molecular complexity index is 1310. The highest BCUT2D eigenvalue weighted by atomic mass is 16.6. The van der Waals surface area contributed by atoms with Gasteiger partial charge in [-0.05, 0) is 63.3 Å². The Hall–Kier alpha value is -3.88. The quantitative estimate of drug-likeness (QED) is 0.439. The molecule has 2 atom stereocenters. The number of ether oxygens (including phenoxy) is 1. The molecule has 1 aromatic carbocycles. The molecule has 0 radical (unpaired) electrons. The SMILES string of the molecule is CC(C)CC(CNC(=O)c1cccn2nc(C(=O)N3CCC(NC(=O)OC(C)(C)C)C3)cc12)c1ccccc1. The molecule has 0 saturated carbocycles. The molecule has 1 saturated heterocycles. The van der Waals surface area contributed by atoms with E-state index in [1.807, 2.05) is 39.0 Å². The van der Waals surface area contributed by atoms with Gasteiger partial charge in [-0.1, -0.05) is 44.2 Å². The first-order valence-corrected chi connectivity index (χ1v) is 13.6. The molecule has 2 N–H and O–H groups in total. The van der Waals surface area contributed by atoms with Crippen LogP contribution in [0.5, 0.6) is 0 Å². The van der Waals surface area contributed by atoms with Crippen LogP contribution >= 0.6 is 0 Å². The van der Waals surface area contributed by atoms with E-state index in [2.05, 4.69) is 41.7 Å². The number of pyridine rings is 1. The van der Waals surface area contributed by atoms with E-state index in [0.717, 1.165) is 6.42 Å². The van der Waals surface area contributed by atoms with E-state index in [4.69, 9.17) is 4.74 Å². The second-order valence-electron chi connectivity index (χ2n) is 11.6. The number of hydrogen-bond acceptors (Lipinski definition) is 5. The molecule has 1 aliphatic heterocycles. The lowest BCUT2D eigenvalue weighted by Gasteiger charge is -2.22. The third-order valence-electron chi connectivity index (χ3n) is 6.70. The minimum absolute atomic E-state index is 0.189. The number of nitrogens with one attached hydrogen (secondary N) is 2. The molecule has 0 aliphatic carbocycles. The number of aromatic nitrogens is 2. The van der Waals surface area contributed by atoms with Crippen LogP contribution in [0.2, 0.25) is 0 Å². The molecule has 39 heavy (non-hydrogen) atoms. The van der Waals surface area contributed by atoms with Crippen LogP contribution in [0.1, 0.15) is 79.8 Å². The van der Waals surface area contributed by atoms with Gasteiger partial charge in [0.1, 0.15) is 5.60 Å². The monoisotopic (exact) mass is 533 g/mol. The van der Waals surface area contributed by atoms with Gasteiger partial charge in [0.05, 0.1) is 17.1 Å². The van der Waals surface area contributed by atoms with Crippen LogP contribution in [0, 0.1) is 5.92 Å². The van der Waals surface area contributed by atoms with E-state index >= 15 is 0 Å². The Labute approximate surface area is 229 Å². The molecular weight excluding hydrogens is 494 g/mol. The smallest absolute Gasteiger partial charge is 0.407 e. The summed E-state index contributed by atoms with van der Waals surface area (Å²) in [5, 5.41) is 10.4. The molecule has 1 fully saturated rings. The van der Waals surface area contributed by atoms with E-state index in [9.17, 15) is 14.4 Å². The summed E-state index contributed by atoms with van der Waals surface area (Å²) >= 11 is 0. The topological polar surface area (TPSA) is 105 Å². The molecule has 3 amide bonds. The fourth-order valence-corrected chi connectivity index (χ4v) is 4.95. The molecule has 0 spiro atoms. The van der Waals surface area contributed by atoms with Gasteiger partial charge in [-0.15, -0.1) is 0 Å². The maximum absolute atomic E-state index is 13.3. The van der Waals surface area contributed by atoms with Crippen LogP contribution in [0.15, 0.2) is 54.7 Å². The van der Waals surface area contributed by atoms with Gasteiger partial charge in [-0.25, -0.2) is 9.31 Å². The van der Waals surface area contributed by atoms with Crippen LogP contribution in [0.3, 0.4) is 0 Å². The van der Waals surface area contributed by atoms with Crippen LogP contribution in [-0.2, 0) is 4.74 Å². The first-order chi connectivity index (χ1) is 18.5. The van der Waals surface area contributed by atoms with Crippen LogP contribution in [0.4, 0.5) is 4.79 Å². The lowest BCUT2D eigenvalue weighted by Crippen LogP contribution is -2.41. The third kappa shape index (κ3) is 7.37. The predicted octanol–water partition coefficient (Wildman–Crippen LogP) is 4.63. The Balaban J connectivity index is 1.43. The summed E-state index contributed by atoms with van der Waals surface area (Å²) in [4.78, 5) is 40.3. The van der Waals surface area contributed by atoms with Crippen molar-refractivity contribution in [3.63, 3.8) is 0 Å². The molecule has 3 aromatic rings. The molecule has 9 heteroatoms. The highest BCUT2D eigenvalue weighted by Gasteiger charge is 2.31. The number of hydrogen-bond donors (Lipinski definition) is 2. The number of fused-ring (bicyclic) bond motifs is 1. The predicted molar refractivity (Wildman–Crippen MR) is 150 cm³/mol. The molecule has 208 valence electrons. The van der Waals surface area contributed by atoms with E-state index in [-0.39, 0.29) is 29.5 Å². The zero-order chi connectivity index (χ0) is 28.2. The van der Waals surface area contributed by atoms with Gasteiger partial charge >= 0.3 is 6.09 Å². The van der Waals surface area contributed by atoms with Crippen molar-refractivity contribution in [3.05, 3.63) is 71.5 Å². The van der Waals surface area contributed by atoms with Crippen molar-refractivity contribution in [2.24, 2.45) is 5.92 Å². The van der Waals surface area contributed by atoms with E-state index in [1.54, 1.807) is 33.8 Å². The van der Waals surface area contributed by atoms with E-state index in [1.165, 1.54) is 5.56 Å². The van der Waals surface area contributed by atoms with Crippen molar-refractivity contribution in [1.29, 1.82) is 0 Å². The number of nitrogens with zero attached hydrogens (tertiary/aromatic N) is 3. The average Bonchev–Trinajstić information content (AvgIpc) is 3.52. The summed E-state index contributed by atoms with van der Waals surface area (Å²) in [7, 11) is 0. The first kappa shape index (κ1) is 28.1. The van der Waals surface area contributed by atoms with Gasteiger partial charge in [0, 0.05) is 31.7 Å². The maximum atomic E-state index is 13.3. The van der Waals surface area contributed by atoms with E-state index < -0.39 is 11.7 Å². The van der Waals surface area contributed by atoms with Gasteiger partial charge in [-0.2, -0.15) is 5.10 Å². The summed E-state index contributed by atoms with van der Waals surface area (Å²) in [5.74, 6) is 0.254. The minimum atomic E-state index is -0.588. The third-order valence-corrected chi connectivity index (χ3v) is 6.70. The van der Waals surface area contributed by atoms with Crippen molar-refractivity contribution in [2.45, 2.75) is 65.0 Å². The molecule has 9 nitrogen and oxygen atoms in total. The largest absolute Gasteiger partial charge is 0.444 e. The maximum Gasteiger partial charge on any atom is 0.407 e. The second kappa shape index (κ2) is 11.9. The normalized spacial score (nSPS) is 16.4. The Morgan fingerprint density at radius 1 is 1.10 bits per heavy atom. The number of carbonyl (C=O) groups excluding carboxylic acids is 3.